The normalized spacial score (nSPS) is 12.6. The molecule has 0 saturated heterocycles. The van der Waals surface area contributed by atoms with Gasteiger partial charge in [-0.2, -0.15) is 0 Å². The number of aliphatic hydroxyl groups excluding tert-OH is 2. The molecule has 386 valence electrons. The van der Waals surface area contributed by atoms with Crippen LogP contribution in [0.3, 0.4) is 0 Å². The molecule has 0 bridgehead atoms. The summed E-state index contributed by atoms with van der Waals surface area (Å²) in [4.78, 5) is 24.6. The third kappa shape index (κ3) is 51.8. The predicted octanol–water partition coefficient (Wildman–Crippen LogP) is 18.1. The standard InChI is InChI=1S/C59H115NO5/c1-3-5-7-9-11-13-15-17-19-21-23-25-29-33-37-41-45-49-53-59(64)65-54-50-46-42-38-34-30-26-28-32-36-40-44-48-52-58(63)60-56(55-61)57(62)51-47-43-39-35-31-27-24-22-20-18-16-14-12-10-8-6-4-2/h47,51,56-57,61-62H,3-46,48-50,52-55H2,1-2H3,(H,60,63)/b51-47+. The molecule has 6 heteroatoms. The molecule has 1 amide bonds. The van der Waals surface area contributed by atoms with Crippen LogP contribution in [0.15, 0.2) is 12.2 Å². The molecule has 0 aromatic heterocycles. The summed E-state index contributed by atoms with van der Waals surface area (Å²) >= 11 is 0. The summed E-state index contributed by atoms with van der Waals surface area (Å²) in [5, 5.41) is 23.1. The molecule has 0 heterocycles. The van der Waals surface area contributed by atoms with E-state index in [4.69, 9.17) is 4.74 Å². The van der Waals surface area contributed by atoms with E-state index in [-0.39, 0.29) is 18.5 Å². The Morgan fingerprint density at radius 1 is 0.415 bits per heavy atom. The molecule has 6 nitrogen and oxygen atoms in total. The van der Waals surface area contributed by atoms with Crippen molar-refractivity contribution in [3.63, 3.8) is 0 Å². The van der Waals surface area contributed by atoms with E-state index in [9.17, 15) is 19.8 Å². The van der Waals surface area contributed by atoms with Crippen LogP contribution in [-0.2, 0) is 14.3 Å². The van der Waals surface area contributed by atoms with Gasteiger partial charge in [0.2, 0.25) is 5.91 Å². The summed E-state index contributed by atoms with van der Waals surface area (Å²) in [6.07, 6.45) is 65.1. The number of allylic oxidation sites excluding steroid dienone is 1. The molecule has 2 unspecified atom stereocenters. The van der Waals surface area contributed by atoms with Crippen LogP contribution in [0.4, 0.5) is 0 Å². The lowest BCUT2D eigenvalue weighted by Crippen LogP contribution is -2.45. The molecule has 0 fully saturated rings. The van der Waals surface area contributed by atoms with Crippen molar-refractivity contribution < 1.29 is 24.5 Å². The van der Waals surface area contributed by atoms with Crippen molar-refractivity contribution in [2.24, 2.45) is 0 Å². The minimum atomic E-state index is -0.852. The largest absolute Gasteiger partial charge is 0.466 e. The average Bonchev–Trinajstić information content (AvgIpc) is 3.31. The summed E-state index contributed by atoms with van der Waals surface area (Å²) in [5.41, 5.74) is 0. The number of hydrogen-bond donors (Lipinski definition) is 3. The monoisotopic (exact) mass is 918 g/mol. The molecule has 0 rings (SSSR count). The van der Waals surface area contributed by atoms with E-state index in [2.05, 4.69) is 19.2 Å². The van der Waals surface area contributed by atoms with Gasteiger partial charge in [-0.25, -0.2) is 0 Å². The number of nitrogens with one attached hydrogen (secondary N) is 1. The van der Waals surface area contributed by atoms with Gasteiger partial charge in [0.25, 0.3) is 0 Å². The van der Waals surface area contributed by atoms with Gasteiger partial charge in [0.05, 0.1) is 25.4 Å². The highest BCUT2D eigenvalue weighted by Crippen LogP contribution is 2.17. The Labute approximate surface area is 406 Å². The number of carbonyl (C=O) groups excluding carboxylic acids is 2. The molecule has 0 radical (unpaired) electrons. The van der Waals surface area contributed by atoms with E-state index in [0.717, 1.165) is 57.8 Å². The van der Waals surface area contributed by atoms with E-state index in [0.29, 0.717) is 19.4 Å². The third-order valence-electron chi connectivity index (χ3n) is 13.8. The van der Waals surface area contributed by atoms with Crippen LogP contribution in [0.2, 0.25) is 0 Å². The number of esters is 1. The molecule has 0 aliphatic rings. The highest BCUT2D eigenvalue weighted by molar-refractivity contribution is 5.76. The number of aliphatic hydroxyl groups is 2. The van der Waals surface area contributed by atoms with Gasteiger partial charge in [-0.15, -0.1) is 0 Å². The average molecular weight is 919 g/mol. The smallest absolute Gasteiger partial charge is 0.305 e. The maximum absolute atomic E-state index is 12.5. The van der Waals surface area contributed by atoms with Crippen LogP contribution in [0.5, 0.6) is 0 Å². The number of hydrogen-bond acceptors (Lipinski definition) is 5. The fourth-order valence-corrected chi connectivity index (χ4v) is 9.28. The van der Waals surface area contributed by atoms with Gasteiger partial charge in [0.15, 0.2) is 0 Å². The van der Waals surface area contributed by atoms with Gasteiger partial charge in [0.1, 0.15) is 0 Å². The maximum atomic E-state index is 12.5. The molecule has 0 spiro atoms. The number of rotatable bonds is 55. The van der Waals surface area contributed by atoms with Crippen molar-refractivity contribution in [3.8, 4) is 0 Å². The lowest BCUT2D eigenvalue weighted by Gasteiger charge is -2.20. The number of amides is 1. The van der Waals surface area contributed by atoms with Gasteiger partial charge in [-0.05, 0) is 32.1 Å². The lowest BCUT2D eigenvalue weighted by molar-refractivity contribution is -0.143. The first kappa shape index (κ1) is 63.6. The minimum Gasteiger partial charge on any atom is -0.466 e. The van der Waals surface area contributed by atoms with Crippen LogP contribution in [0.25, 0.3) is 0 Å². The highest BCUT2D eigenvalue weighted by Gasteiger charge is 2.18. The Morgan fingerprint density at radius 2 is 0.708 bits per heavy atom. The zero-order valence-corrected chi connectivity index (χ0v) is 44.0. The molecule has 0 aliphatic heterocycles. The number of carbonyl (C=O) groups is 2. The van der Waals surface area contributed by atoms with Crippen molar-refractivity contribution in [2.75, 3.05) is 13.2 Å². The van der Waals surface area contributed by atoms with Crippen LogP contribution in [-0.4, -0.2) is 47.4 Å². The Morgan fingerprint density at radius 3 is 1.05 bits per heavy atom. The lowest BCUT2D eigenvalue weighted by atomic mass is 10.0. The second-order valence-corrected chi connectivity index (χ2v) is 20.3. The third-order valence-corrected chi connectivity index (χ3v) is 13.8. The van der Waals surface area contributed by atoms with Crippen LogP contribution in [0.1, 0.15) is 328 Å². The first-order valence-electron chi connectivity index (χ1n) is 29.5. The van der Waals surface area contributed by atoms with E-state index >= 15 is 0 Å². The molecule has 0 aromatic rings. The van der Waals surface area contributed by atoms with Gasteiger partial charge in [0, 0.05) is 12.8 Å². The van der Waals surface area contributed by atoms with E-state index in [1.807, 2.05) is 6.08 Å². The molecule has 65 heavy (non-hydrogen) atoms. The minimum absolute atomic E-state index is 0.00177. The molecule has 0 saturated carbocycles. The Kier molecular flexibility index (Phi) is 54.0. The maximum Gasteiger partial charge on any atom is 0.305 e. The van der Waals surface area contributed by atoms with Crippen LogP contribution in [0, 0.1) is 0 Å². The topological polar surface area (TPSA) is 95.9 Å². The molecule has 2 atom stereocenters. The van der Waals surface area contributed by atoms with Gasteiger partial charge in [-0.3, -0.25) is 9.59 Å². The van der Waals surface area contributed by atoms with Crippen LogP contribution >= 0.6 is 0 Å². The van der Waals surface area contributed by atoms with Crippen molar-refractivity contribution in [1.29, 1.82) is 0 Å². The Bertz CT molecular complexity index is 970. The highest BCUT2D eigenvalue weighted by atomic mass is 16.5. The molecule has 3 N–H and O–H groups in total. The quantitative estimate of drug-likeness (QED) is 0.0321. The number of unbranched alkanes of at least 4 members (excludes halogenated alkanes) is 44. The SMILES string of the molecule is CCCCCCCCCCCCCCCCC/C=C/C(O)C(CO)NC(=O)CCCCCCCCCCCCCCCOC(=O)CCCCCCCCCCCCCCCCCCCC. The summed E-state index contributed by atoms with van der Waals surface area (Å²) in [6, 6.07) is -0.637. The molecule has 0 aromatic carbocycles. The Balaban J connectivity index is 3.44. The van der Waals surface area contributed by atoms with Crippen molar-refractivity contribution in [3.05, 3.63) is 12.2 Å². The summed E-state index contributed by atoms with van der Waals surface area (Å²) in [7, 11) is 0. The second-order valence-electron chi connectivity index (χ2n) is 20.3. The van der Waals surface area contributed by atoms with Crippen LogP contribution < -0.4 is 5.32 Å². The molecule has 0 aliphatic carbocycles. The molecular formula is C59H115NO5. The summed E-state index contributed by atoms with van der Waals surface area (Å²) in [5.74, 6) is -0.0796. The Hall–Kier alpha value is -1.40. The second kappa shape index (κ2) is 55.2. The predicted molar refractivity (Wildman–Crippen MR) is 283 cm³/mol. The van der Waals surface area contributed by atoms with E-state index < -0.39 is 12.1 Å². The zero-order valence-electron chi connectivity index (χ0n) is 44.0. The fraction of sp³-hybridized carbons (Fsp3) is 0.932. The summed E-state index contributed by atoms with van der Waals surface area (Å²) < 4.78 is 5.49. The first-order valence-corrected chi connectivity index (χ1v) is 29.5. The van der Waals surface area contributed by atoms with Gasteiger partial charge < -0.3 is 20.3 Å². The first-order chi connectivity index (χ1) is 32.0. The van der Waals surface area contributed by atoms with Crippen molar-refractivity contribution in [2.45, 2.75) is 341 Å². The van der Waals surface area contributed by atoms with Gasteiger partial charge in [-0.1, -0.05) is 296 Å². The molecular weight excluding hydrogens is 803 g/mol. The fourth-order valence-electron chi connectivity index (χ4n) is 9.28. The van der Waals surface area contributed by atoms with Crippen molar-refractivity contribution in [1.82, 2.24) is 5.32 Å². The van der Waals surface area contributed by atoms with Crippen molar-refractivity contribution >= 4 is 11.9 Å². The summed E-state index contributed by atoms with van der Waals surface area (Å²) in [6.45, 7) is 4.90. The van der Waals surface area contributed by atoms with E-state index in [1.165, 1.54) is 244 Å². The van der Waals surface area contributed by atoms with Gasteiger partial charge >= 0.3 is 5.97 Å². The van der Waals surface area contributed by atoms with E-state index in [1.54, 1.807) is 6.08 Å². The zero-order chi connectivity index (χ0) is 47.2. The number of ether oxygens (including phenoxy) is 1.